The average Bonchev–Trinajstić information content (AvgIpc) is 2.25. The molecule has 1 atom stereocenters. The van der Waals surface area contributed by atoms with Gasteiger partial charge in [-0.1, -0.05) is 6.07 Å². The minimum atomic E-state index is -4.97. The van der Waals surface area contributed by atoms with Gasteiger partial charge in [0.25, 0.3) is 0 Å². The Bertz CT molecular complexity index is 473. The summed E-state index contributed by atoms with van der Waals surface area (Å²) in [7, 11) is 3.01. The van der Waals surface area contributed by atoms with Gasteiger partial charge in [-0.05, 0) is 12.1 Å². The minimum Gasteiger partial charge on any atom is -0.479 e. The van der Waals surface area contributed by atoms with E-state index in [0.29, 0.717) is 0 Å². The average molecular weight is 279 g/mol. The molecule has 0 radical (unpaired) electrons. The highest BCUT2D eigenvalue weighted by atomic mass is 19.4. The monoisotopic (exact) mass is 279 g/mol. The Balaban J connectivity index is 3.38. The predicted octanol–water partition coefficient (Wildman–Crippen LogP) is 1.77. The summed E-state index contributed by atoms with van der Waals surface area (Å²) in [6.45, 7) is 0. The summed E-state index contributed by atoms with van der Waals surface area (Å²) in [5.41, 5.74) is -0.325. The van der Waals surface area contributed by atoms with Crippen LogP contribution in [-0.2, 0) is 4.79 Å². The van der Waals surface area contributed by atoms with Gasteiger partial charge in [0.2, 0.25) is 0 Å². The van der Waals surface area contributed by atoms with E-state index in [1.54, 1.807) is 0 Å². The summed E-state index contributed by atoms with van der Waals surface area (Å²) in [6.07, 6.45) is -7.09. The Hall–Kier alpha value is -1.96. The summed E-state index contributed by atoms with van der Waals surface area (Å²) in [6, 6.07) is 3.60. The molecule has 0 spiro atoms. The predicted molar refractivity (Wildman–Crippen MR) is 60.0 cm³/mol. The maximum absolute atomic E-state index is 12.3. The Labute approximate surface area is 106 Å². The molecular weight excluding hydrogens is 267 g/mol. The molecule has 0 bridgehead atoms. The first-order valence-corrected chi connectivity index (χ1v) is 5.10. The van der Waals surface area contributed by atoms with Crippen LogP contribution in [0.2, 0.25) is 0 Å². The molecule has 0 aliphatic heterocycles. The second kappa shape index (κ2) is 5.35. The third-order valence-electron chi connectivity index (χ3n) is 2.26. The fourth-order valence-corrected chi connectivity index (χ4v) is 1.53. The zero-order valence-corrected chi connectivity index (χ0v) is 10.1. The molecule has 1 unspecified atom stereocenters. The SMILES string of the molecule is CN(C)c1cccc(OC(F)(F)F)c1C(O)C(=O)O. The van der Waals surface area contributed by atoms with Crippen molar-refractivity contribution >= 4 is 11.7 Å². The lowest BCUT2D eigenvalue weighted by atomic mass is 10.1. The van der Waals surface area contributed by atoms with Crippen LogP contribution in [0.25, 0.3) is 0 Å². The molecule has 2 N–H and O–H groups in total. The second-order valence-corrected chi connectivity index (χ2v) is 3.87. The van der Waals surface area contributed by atoms with Crippen LogP contribution in [0.5, 0.6) is 5.75 Å². The molecule has 1 rings (SSSR count). The van der Waals surface area contributed by atoms with Crippen molar-refractivity contribution in [2.75, 3.05) is 19.0 Å². The number of ether oxygens (including phenoxy) is 1. The molecule has 106 valence electrons. The van der Waals surface area contributed by atoms with Gasteiger partial charge in [0.05, 0.1) is 5.56 Å². The fraction of sp³-hybridized carbons (Fsp3) is 0.364. The summed E-state index contributed by atoms with van der Waals surface area (Å²) in [5, 5.41) is 18.3. The first kappa shape index (κ1) is 15.1. The maximum atomic E-state index is 12.3. The summed E-state index contributed by atoms with van der Waals surface area (Å²) < 4.78 is 40.5. The van der Waals surface area contributed by atoms with E-state index in [1.807, 2.05) is 0 Å². The number of anilines is 1. The molecule has 0 heterocycles. The Kier molecular flexibility index (Phi) is 4.25. The molecule has 1 aromatic carbocycles. The molecule has 0 saturated heterocycles. The highest BCUT2D eigenvalue weighted by molar-refractivity contribution is 5.79. The molecule has 0 aromatic heterocycles. The lowest BCUT2D eigenvalue weighted by Gasteiger charge is -2.22. The van der Waals surface area contributed by atoms with Gasteiger partial charge < -0.3 is 19.8 Å². The lowest BCUT2D eigenvalue weighted by molar-refractivity contribution is -0.275. The molecule has 0 saturated carbocycles. The Morgan fingerprint density at radius 2 is 1.95 bits per heavy atom. The Morgan fingerprint density at radius 1 is 1.37 bits per heavy atom. The highest BCUT2D eigenvalue weighted by Gasteiger charge is 2.35. The molecule has 19 heavy (non-hydrogen) atoms. The number of hydrogen-bond acceptors (Lipinski definition) is 4. The zero-order valence-electron chi connectivity index (χ0n) is 10.1. The number of carboxylic acid groups (broad SMARTS) is 1. The lowest BCUT2D eigenvalue weighted by Crippen LogP contribution is -2.22. The number of aliphatic hydroxyl groups excluding tert-OH is 1. The van der Waals surface area contributed by atoms with E-state index in [9.17, 15) is 23.1 Å². The van der Waals surface area contributed by atoms with E-state index in [2.05, 4.69) is 4.74 Å². The van der Waals surface area contributed by atoms with Crippen molar-refractivity contribution < 1.29 is 32.9 Å². The van der Waals surface area contributed by atoms with E-state index in [-0.39, 0.29) is 5.69 Å². The number of carboxylic acids is 1. The van der Waals surface area contributed by atoms with Crippen molar-refractivity contribution in [1.82, 2.24) is 0 Å². The minimum absolute atomic E-state index is 0.122. The number of halogens is 3. The van der Waals surface area contributed by atoms with Crippen molar-refractivity contribution in [3.8, 4) is 5.75 Å². The van der Waals surface area contributed by atoms with Gasteiger partial charge in [0.15, 0.2) is 6.10 Å². The third kappa shape index (κ3) is 3.75. The van der Waals surface area contributed by atoms with Crippen LogP contribution in [0.1, 0.15) is 11.7 Å². The van der Waals surface area contributed by atoms with Gasteiger partial charge in [-0.25, -0.2) is 4.79 Å². The van der Waals surface area contributed by atoms with Gasteiger partial charge in [-0.3, -0.25) is 0 Å². The summed E-state index contributed by atoms with van der Waals surface area (Å²) >= 11 is 0. The van der Waals surface area contributed by atoms with Crippen LogP contribution < -0.4 is 9.64 Å². The largest absolute Gasteiger partial charge is 0.573 e. The van der Waals surface area contributed by atoms with Crippen LogP contribution >= 0.6 is 0 Å². The maximum Gasteiger partial charge on any atom is 0.573 e. The van der Waals surface area contributed by atoms with Crippen LogP contribution in [0, 0.1) is 0 Å². The number of alkyl halides is 3. The number of benzene rings is 1. The van der Waals surface area contributed by atoms with Crippen LogP contribution in [0.15, 0.2) is 18.2 Å². The van der Waals surface area contributed by atoms with Crippen molar-refractivity contribution in [3.05, 3.63) is 23.8 Å². The molecular formula is C11H12F3NO4. The first-order valence-electron chi connectivity index (χ1n) is 5.10. The second-order valence-electron chi connectivity index (χ2n) is 3.87. The van der Waals surface area contributed by atoms with Crippen molar-refractivity contribution in [3.63, 3.8) is 0 Å². The molecule has 0 amide bonds. The number of aliphatic hydroxyl groups is 1. The van der Waals surface area contributed by atoms with E-state index >= 15 is 0 Å². The smallest absolute Gasteiger partial charge is 0.479 e. The van der Waals surface area contributed by atoms with Gasteiger partial charge in [0, 0.05) is 19.8 Å². The van der Waals surface area contributed by atoms with E-state index in [0.717, 1.165) is 6.07 Å². The van der Waals surface area contributed by atoms with Gasteiger partial charge in [-0.15, -0.1) is 13.2 Å². The highest BCUT2D eigenvalue weighted by Crippen LogP contribution is 2.36. The molecule has 0 aliphatic carbocycles. The van der Waals surface area contributed by atoms with Crippen molar-refractivity contribution in [2.24, 2.45) is 0 Å². The van der Waals surface area contributed by atoms with Gasteiger partial charge in [-0.2, -0.15) is 0 Å². The van der Waals surface area contributed by atoms with E-state index < -0.39 is 29.7 Å². The van der Waals surface area contributed by atoms with Crippen LogP contribution in [-0.4, -0.2) is 36.6 Å². The topological polar surface area (TPSA) is 70.0 Å². The standard InChI is InChI=1S/C11H12F3NO4/c1-15(2)6-4-3-5-7(19-11(12,13)14)8(6)9(16)10(17)18/h3-5,9,16H,1-2H3,(H,17,18). The van der Waals surface area contributed by atoms with Gasteiger partial charge >= 0.3 is 12.3 Å². The summed E-state index contributed by atoms with van der Waals surface area (Å²) in [4.78, 5) is 12.2. The quantitative estimate of drug-likeness (QED) is 0.879. The molecule has 0 fully saturated rings. The normalized spacial score (nSPS) is 12.9. The van der Waals surface area contributed by atoms with Crippen molar-refractivity contribution in [2.45, 2.75) is 12.5 Å². The fourth-order valence-electron chi connectivity index (χ4n) is 1.53. The molecule has 5 nitrogen and oxygen atoms in total. The summed E-state index contributed by atoms with van der Waals surface area (Å²) in [5.74, 6) is -2.41. The van der Waals surface area contributed by atoms with E-state index in [1.165, 1.54) is 31.1 Å². The van der Waals surface area contributed by atoms with Gasteiger partial charge in [0.1, 0.15) is 5.75 Å². The molecule has 0 aliphatic rings. The van der Waals surface area contributed by atoms with Crippen LogP contribution in [0.4, 0.5) is 18.9 Å². The van der Waals surface area contributed by atoms with E-state index in [4.69, 9.17) is 5.11 Å². The number of rotatable bonds is 4. The van der Waals surface area contributed by atoms with Crippen LogP contribution in [0.3, 0.4) is 0 Å². The number of carbonyl (C=O) groups is 1. The first-order chi connectivity index (χ1) is 8.63. The third-order valence-corrected chi connectivity index (χ3v) is 2.26. The van der Waals surface area contributed by atoms with Crippen molar-refractivity contribution in [1.29, 1.82) is 0 Å². The number of nitrogens with zero attached hydrogens (tertiary/aromatic N) is 1. The number of aliphatic carboxylic acids is 1. The number of hydrogen-bond donors (Lipinski definition) is 2. The molecule has 8 heteroatoms. The Morgan fingerprint density at radius 3 is 2.37 bits per heavy atom. The molecule has 1 aromatic rings. The zero-order chi connectivity index (χ0) is 14.8.